The minimum atomic E-state index is 0.166. The van der Waals surface area contributed by atoms with Crippen LogP contribution in [0.1, 0.15) is 160 Å². The van der Waals surface area contributed by atoms with Crippen LogP contribution < -0.4 is 0 Å². The molecule has 1 aromatic rings. The van der Waals surface area contributed by atoms with Crippen LogP contribution in [-0.2, 0) is 6.42 Å². The Morgan fingerprint density at radius 3 is 0.970 bits per heavy atom. The molecule has 0 heterocycles. The second-order valence-electron chi connectivity index (χ2n) is 10.4. The Bertz CT molecular complexity index is 519. The molecule has 2 N–H and O–H groups in total. The van der Waals surface area contributed by atoms with Gasteiger partial charge < -0.3 is 10.2 Å². The number of hydrogen-bond acceptors (Lipinski definition) is 2. The first-order valence-corrected chi connectivity index (χ1v) is 14.7. The van der Waals surface area contributed by atoms with Crippen LogP contribution in [0.3, 0.4) is 0 Å². The van der Waals surface area contributed by atoms with Gasteiger partial charge in [0.05, 0.1) is 0 Å². The molecule has 0 radical (unpaired) electrons. The summed E-state index contributed by atoms with van der Waals surface area (Å²) in [5, 5.41) is 19.0. The average molecular weight is 461 g/mol. The summed E-state index contributed by atoms with van der Waals surface area (Å²) in [5.41, 5.74) is 1.04. The lowest BCUT2D eigenvalue weighted by atomic mass is 10.0. The second-order valence-corrected chi connectivity index (χ2v) is 10.4. The van der Waals surface area contributed by atoms with Crippen molar-refractivity contribution in [3.8, 4) is 11.5 Å². The molecule has 33 heavy (non-hydrogen) atoms. The van der Waals surface area contributed by atoms with Gasteiger partial charge in [0.1, 0.15) is 11.5 Å². The molecule has 0 unspecified atom stereocenters. The van der Waals surface area contributed by atoms with E-state index in [0.717, 1.165) is 18.4 Å². The highest BCUT2D eigenvalue weighted by atomic mass is 16.3. The summed E-state index contributed by atoms with van der Waals surface area (Å²) < 4.78 is 0. The van der Waals surface area contributed by atoms with E-state index in [1.807, 2.05) is 0 Å². The highest BCUT2D eigenvalue weighted by Gasteiger charge is 2.00. The predicted octanol–water partition coefficient (Wildman–Crippen LogP) is 10.6. The molecule has 0 amide bonds. The number of aromatic hydroxyl groups is 2. The van der Waals surface area contributed by atoms with E-state index in [1.165, 1.54) is 147 Å². The Morgan fingerprint density at radius 2 is 0.667 bits per heavy atom. The van der Waals surface area contributed by atoms with Crippen molar-refractivity contribution in [3.05, 3.63) is 23.8 Å². The van der Waals surface area contributed by atoms with E-state index in [9.17, 15) is 10.2 Å². The van der Waals surface area contributed by atoms with E-state index < -0.39 is 0 Å². The molecule has 0 saturated heterocycles. The van der Waals surface area contributed by atoms with Crippen LogP contribution >= 0.6 is 0 Å². The maximum atomic E-state index is 9.52. The Kier molecular flexibility index (Phi) is 20.4. The van der Waals surface area contributed by atoms with Crippen molar-refractivity contribution < 1.29 is 10.2 Å². The smallest absolute Gasteiger partial charge is 0.119 e. The molecule has 2 nitrogen and oxygen atoms in total. The first-order chi connectivity index (χ1) is 16.2. The van der Waals surface area contributed by atoms with Crippen molar-refractivity contribution in [2.75, 3.05) is 0 Å². The minimum absolute atomic E-state index is 0.166. The van der Waals surface area contributed by atoms with Crippen LogP contribution in [0, 0.1) is 0 Å². The maximum absolute atomic E-state index is 9.52. The van der Waals surface area contributed by atoms with Gasteiger partial charge in [0, 0.05) is 6.07 Å². The van der Waals surface area contributed by atoms with Gasteiger partial charge in [0.25, 0.3) is 0 Å². The topological polar surface area (TPSA) is 40.5 Å². The van der Waals surface area contributed by atoms with Crippen LogP contribution in [0.5, 0.6) is 11.5 Å². The summed E-state index contributed by atoms with van der Waals surface area (Å²) in [6, 6.07) is 4.92. The molecule has 1 rings (SSSR count). The van der Waals surface area contributed by atoms with E-state index in [4.69, 9.17) is 0 Å². The van der Waals surface area contributed by atoms with Crippen molar-refractivity contribution in [1.29, 1.82) is 0 Å². The molecule has 1 aromatic carbocycles. The second kappa shape index (κ2) is 22.6. The molecule has 0 aliphatic rings. The molecular weight excluding hydrogens is 404 g/mol. The monoisotopic (exact) mass is 460 g/mol. The average Bonchev–Trinajstić information content (AvgIpc) is 2.79. The van der Waals surface area contributed by atoms with Crippen LogP contribution in [0.2, 0.25) is 0 Å². The Labute approximate surface area is 206 Å². The van der Waals surface area contributed by atoms with Gasteiger partial charge in [-0.25, -0.2) is 0 Å². The summed E-state index contributed by atoms with van der Waals surface area (Å²) in [7, 11) is 0. The zero-order valence-corrected chi connectivity index (χ0v) is 22.1. The van der Waals surface area contributed by atoms with Crippen LogP contribution in [0.15, 0.2) is 18.2 Å². The van der Waals surface area contributed by atoms with E-state index in [1.54, 1.807) is 12.1 Å². The van der Waals surface area contributed by atoms with Crippen molar-refractivity contribution in [2.24, 2.45) is 0 Å². The van der Waals surface area contributed by atoms with E-state index in [0.29, 0.717) is 0 Å². The van der Waals surface area contributed by atoms with Gasteiger partial charge in [0.2, 0.25) is 0 Å². The van der Waals surface area contributed by atoms with Crippen LogP contribution in [0.4, 0.5) is 0 Å². The minimum Gasteiger partial charge on any atom is -0.508 e. The summed E-state index contributed by atoms with van der Waals surface area (Å²) in [6.07, 6.45) is 33.4. The van der Waals surface area contributed by atoms with Gasteiger partial charge in [-0.1, -0.05) is 148 Å². The normalized spacial score (nSPS) is 11.3. The van der Waals surface area contributed by atoms with E-state index >= 15 is 0 Å². The molecule has 0 fully saturated rings. The molecule has 0 aliphatic heterocycles. The van der Waals surface area contributed by atoms with Crippen LogP contribution in [0.25, 0.3) is 0 Å². The molecule has 0 saturated carbocycles. The fraction of sp³-hybridized carbons (Fsp3) is 0.806. The van der Waals surface area contributed by atoms with Crippen LogP contribution in [-0.4, -0.2) is 10.2 Å². The Hall–Kier alpha value is -1.18. The lowest BCUT2D eigenvalue weighted by molar-refractivity contribution is 0.449. The highest BCUT2D eigenvalue weighted by molar-refractivity contribution is 5.36. The van der Waals surface area contributed by atoms with Crippen molar-refractivity contribution >= 4 is 0 Å². The van der Waals surface area contributed by atoms with Crippen molar-refractivity contribution in [3.63, 3.8) is 0 Å². The third-order valence-corrected chi connectivity index (χ3v) is 7.03. The van der Waals surface area contributed by atoms with Gasteiger partial charge in [-0.05, 0) is 30.5 Å². The zero-order valence-electron chi connectivity index (χ0n) is 22.1. The standard InChI is InChI=1S/C31H56O2/c1-2-3-4-5-6-7-8-9-10-11-12-13-14-15-16-17-18-19-20-21-22-23-24-25-29-26-30(32)28-31(33)27-29/h26-28,32-33H,2-25H2,1H3. The zero-order chi connectivity index (χ0) is 23.8. The highest BCUT2D eigenvalue weighted by Crippen LogP contribution is 2.22. The third kappa shape index (κ3) is 20.0. The molecular formula is C31H56O2. The summed E-state index contributed by atoms with van der Waals surface area (Å²) >= 11 is 0. The van der Waals surface area contributed by atoms with Gasteiger partial charge in [-0.3, -0.25) is 0 Å². The van der Waals surface area contributed by atoms with E-state index in [-0.39, 0.29) is 11.5 Å². The first kappa shape index (κ1) is 29.9. The Morgan fingerprint density at radius 1 is 0.394 bits per heavy atom. The first-order valence-electron chi connectivity index (χ1n) is 14.7. The van der Waals surface area contributed by atoms with Gasteiger partial charge in [-0.15, -0.1) is 0 Å². The molecule has 2 heteroatoms. The van der Waals surface area contributed by atoms with E-state index in [2.05, 4.69) is 6.92 Å². The number of phenols is 2. The number of aryl methyl sites for hydroxylation is 1. The fourth-order valence-electron chi connectivity index (χ4n) is 4.92. The summed E-state index contributed by atoms with van der Waals surface area (Å²) in [4.78, 5) is 0. The van der Waals surface area contributed by atoms with Gasteiger partial charge >= 0.3 is 0 Å². The number of unbranched alkanes of at least 4 members (excludes halogenated alkanes) is 22. The number of hydrogen-bond donors (Lipinski definition) is 2. The SMILES string of the molecule is CCCCCCCCCCCCCCCCCCCCCCCCCc1cc(O)cc(O)c1. The number of benzene rings is 1. The molecule has 0 bridgehead atoms. The lowest BCUT2D eigenvalue weighted by Gasteiger charge is -2.05. The largest absolute Gasteiger partial charge is 0.508 e. The number of rotatable bonds is 24. The molecule has 0 aromatic heterocycles. The number of phenolic OH excluding ortho intramolecular Hbond substituents is 2. The lowest BCUT2D eigenvalue weighted by Crippen LogP contribution is -1.87. The fourth-order valence-corrected chi connectivity index (χ4v) is 4.92. The molecule has 0 atom stereocenters. The molecule has 192 valence electrons. The maximum Gasteiger partial charge on any atom is 0.119 e. The predicted molar refractivity (Wildman–Crippen MR) is 145 cm³/mol. The molecule has 0 spiro atoms. The molecule has 0 aliphatic carbocycles. The Balaban J connectivity index is 1.71. The summed E-state index contributed by atoms with van der Waals surface area (Å²) in [6.45, 7) is 2.29. The third-order valence-electron chi connectivity index (χ3n) is 7.03. The van der Waals surface area contributed by atoms with Gasteiger partial charge in [0.15, 0.2) is 0 Å². The van der Waals surface area contributed by atoms with Crippen molar-refractivity contribution in [1.82, 2.24) is 0 Å². The van der Waals surface area contributed by atoms with Gasteiger partial charge in [-0.2, -0.15) is 0 Å². The quantitative estimate of drug-likeness (QED) is 0.151. The summed E-state index contributed by atoms with van der Waals surface area (Å²) in [5.74, 6) is 0.332. The van der Waals surface area contributed by atoms with Crippen molar-refractivity contribution in [2.45, 2.75) is 161 Å².